The first kappa shape index (κ1) is 19.4. The number of aromatic nitrogens is 1. The lowest BCUT2D eigenvalue weighted by atomic mass is 10.1. The van der Waals surface area contributed by atoms with Gasteiger partial charge in [0.15, 0.2) is 0 Å². The summed E-state index contributed by atoms with van der Waals surface area (Å²) in [6.07, 6.45) is 3.29. The zero-order valence-electron chi connectivity index (χ0n) is 15.2. The van der Waals surface area contributed by atoms with Crippen molar-refractivity contribution in [3.63, 3.8) is 0 Å². The van der Waals surface area contributed by atoms with Crippen LogP contribution >= 0.6 is 0 Å². The van der Waals surface area contributed by atoms with Crippen LogP contribution in [0.2, 0.25) is 0 Å². The van der Waals surface area contributed by atoms with E-state index in [1.807, 2.05) is 25.1 Å². The standard InChI is InChI=1S/C21H19N3O3S/c1-16-5-11-20(12-6-16)28(26,27)24-21(25)14-17-7-9-18(10-8-17)23-15-19-4-2-3-13-22-19/h2-13,15H,14H2,1H3,(H,24,25). The van der Waals surface area contributed by atoms with E-state index in [0.717, 1.165) is 11.3 Å². The highest BCUT2D eigenvalue weighted by atomic mass is 32.2. The van der Waals surface area contributed by atoms with Crippen molar-refractivity contribution in [3.05, 3.63) is 89.7 Å². The minimum absolute atomic E-state index is 0.0463. The molecule has 2 aromatic carbocycles. The van der Waals surface area contributed by atoms with E-state index in [4.69, 9.17) is 0 Å². The van der Waals surface area contributed by atoms with Gasteiger partial charge in [0.1, 0.15) is 0 Å². The van der Waals surface area contributed by atoms with Crippen molar-refractivity contribution >= 4 is 27.8 Å². The Bertz CT molecular complexity index is 1080. The summed E-state index contributed by atoms with van der Waals surface area (Å²) in [4.78, 5) is 20.7. The van der Waals surface area contributed by atoms with Crippen LogP contribution in [0.5, 0.6) is 0 Å². The number of benzene rings is 2. The first-order valence-corrected chi connectivity index (χ1v) is 10.1. The van der Waals surface area contributed by atoms with Gasteiger partial charge in [-0.05, 0) is 48.9 Å². The van der Waals surface area contributed by atoms with Crippen LogP contribution < -0.4 is 4.72 Å². The number of amides is 1. The van der Waals surface area contributed by atoms with Crippen molar-refractivity contribution in [2.75, 3.05) is 0 Å². The first-order chi connectivity index (χ1) is 13.4. The molecule has 0 saturated heterocycles. The maximum atomic E-state index is 12.3. The average molecular weight is 393 g/mol. The van der Waals surface area contributed by atoms with E-state index < -0.39 is 15.9 Å². The third kappa shape index (κ3) is 5.34. The molecule has 142 valence electrons. The van der Waals surface area contributed by atoms with Gasteiger partial charge >= 0.3 is 0 Å². The Morgan fingerprint density at radius 3 is 2.39 bits per heavy atom. The Balaban J connectivity index is 1.61. The van der Waals surface area contributed by atoms with Crippen molar-refractivity contribution in [2.45, 2.75) is 18.2 Å². The van der Waals surface area contributed by atoms with E-state index in [-0.39, 0.29) is 11.3 Å². The number of carbonyl (C=O) groups is 1. The second-order valence-corrected chi connectivity index (χ2v) is 7.88. The van der Waals surface area contributed by atoms with Crippen molar-refractivity contribution < 1.29 is 13.2 Å². The number of rotatable bonds is 6. The molecule has 1 N–H and O–H groups in total. The second-order valence-electron chi connectivity index (χ2n) is 6.20. The lowest BCUT2D eigenvalue weighted by molar-refractivity contribution is -0.118. The molecule has 0 aliphatic heterocycles. The molecule has 0 aliphatic carbocycles. The van der Waals surface area contributed by atoms with Crippen LogP contribution in [-0.4, -0.2) is 25.5 Å². The maximum absolute atomic E-state index is 12.3. The van der Waals surface area contributed by atoms with E-state index in [0.29, 0.717) is 11.3 Å². The maximum Gasteiger partial charge on any atom is 0.264 e. The zero-order valence-corrected chi connectivity index (χ0v) is 16.1. The van der Waals surface area contributed by atoms with Gasteiger partial charge in [0.05, 0.1) is 28.9 Å². The normalized spacial score (nSPS) is 11.5. The highest BCUT2D eigenvalue weighted by Crippen LogP contribution is 2.14. The van der Waals surface area contributed by atoms with Gasteiger partial charge < -0.3 is 0 Å². The highest BCUT2D eigenvalue weighted by Gasteiger charge is 2.17. The monoisotopic (exact) mass is 393 g/mol. The number of sulfonamides is 1. The van der Waals surface area contributed by atoms with Gasteiger partial charge in [-0.1, -0.05) is 35.9 Å². The van der Waals surface area contributed by atoms with Crippen molar-refractivity contribution in [3.8, 4) is 0 Å². The van der Waals surface area contributed by atoms with Crippen LogP contribution in [-0.2, 0) is 21.2 Å². The van der Waals surface area contributed by atoms with Crippen molar-refractivity contribution in [1.29, 1.82) is 0 Å². The third-order valence-electron chi connectivity index (χ3n) is 3.91. The highest BCUT2D eigenvalue weighted by molar-refractivity contribution is 7.90. The predicted octanol–water partition coefficient (Wildman–Crippen LogP) is 3.19. The summed E-state index contributed by atoms with van der Waals surface area (Å²) in [7, 11) is -3.87. The number of pyridine rings is 1. The van der Waals surface area contributed by atoms with Crippen LogP contribution in [0.15, 0.2) is 82.8 Å². The largest absolute Gasteiger partial charge is 0.274 e. The van der Waals surface area contributed by atoms with Crippen molar-refractivity contribution in [2.24, 2.45) is 4.99 Å². The Kier molecular flexibility index (Phi) is 5.96. The first-order valence-electron chi connectivity index (χ1n) is 8.59. The van der Waals surface area contributed by atoms with Crippen LogP contribution in [0.4, 0.5) is 5.69 Å². The summed E-state index contributed by atoms with van der Waals surface area (Å²) in [5.41, 5.74) is 3.08. The molecule has 6 nitrogen and oxygen atoms in total. The molecule has 3 aromatic rings. The quantitative estimate of drug-likeness (QED) is 0.652. The number of nitrogens with zero attached hydrogens (tertiary/aromatic N) is 2. The topological polar surface area (TPSA) is 88.5 Å². The number of hydrogen-bond donors (Lipinski definition) is 1. The Hall–Kier alpha value is -3.32. The number of hydrogen-bond acceptors (Lipinski definition) is 5. The lowest BCUT2D eigenvalue weighted by Crippen LogP contribution is -2.31. The molecule has 0 spiro atoms. The molecule has 0 radical (unpaired) electrons. The SMILES string of the molecule is Cc1ccc(S(=O)(=O)NC(=O)Cc2ccc(N=Cc3ccccn3)cc2)cc1. The van der Waals surface area contributed by atoms with Gasteiger partial charge in [-0.25, -0.2) is 13.1 Å². The smallest absolute Gasteiger partial charge is 0.264 e. The Morgan fingerprint density at radius 2 is 1.75 bits per heavy atom. The van der Waals surface area contributed by atoms with E-state index >= 15 is 0 Å². The molecule has 0 unspecified atom stereocenters. The minimum Gasteiger partial charge on any atom is -0.274 e. The molecule has 1 heterocycles. The van der Waals surface area contributed by atoms with Gasteiger partial charge in [0, 0.05) is 6.20 Å². The van der Waals surface area contributed by atoms with Gasteiger partial charge in [0.25, 0.3) is 10.0 Å². The van der Waals surface area contributed by atoms with Gasteiger partial charge in [0.2, 0.25) is 5.91 Å². The number of aryl methyl sites for hydroxylation is 1. The van der Waals surface area contributed by atoms with Crippen LogP contribution in [0, 0.1) is 6.92 Å². The molecular formula is C21H19N3O3S. The van der Waals surface area contributed by atoms with Crippen LogP contribution in [0.3, 0.4) is 0 Å². The summed E-state index contributed by atoms with van der Waals surface area (Å²) in [6, 6.07) is 18.9. The molecule has 0 atom stereocenters. The summed E-state index contributed by atoms with van der Waals surface area (Å²) < 4.78 is 26.6. The summed E-state index contributed by atoms with van der Waals surface area (Å²) >= 11 is 0. The van der Waals surface area contributed by atoms with Crippen LogP contribution in [0.1, 0.15) is 16.8 Å². The minimum atomic E-state index is -3.87. The van der Waals surface area contributed by atoms with Gasteiger partial charge in [-0.3, -0.25) is 14.8 Å². The number of aliphatic imine (C=N–C) groups is 1. The van der Waals surface area contributed by atoms with E-state index in [1.54, 1.807) is 48.8 Å². The second kappa shape index (κ2) is 8.58. The summed E-state index contributed by atoms with van der Waals surface area (Å²) in [6.45, 7) is 1.86. The van der Waals surface area contributed by atoms with Crippen molar-refractivity contribution in [1.82, 2.24) is 9.71 Å². The van der Waals surface area contributed by atoms with Gasteiger partial charge in [-0.15, -0.1) is 0 Å². The summed E-state index contributed by atoms with van der Waals surface area (Å²) in [5.74, 6) is -0.592. The Morgan fingerprint density at radius 1 is 1.04 bits per heavy atom. The molecule has 7 heteroatoms. The third-order valence-corrected chi connectivity index (χ3v) is 5.30. The summed E-state index contributed by atoms with van der Waals surface area (Å²) in [5, 5.41) is 0. The fraction of sp³-hybridized carbons (Fsp3) is 0.0952. The number of nitrogens with one attached hydrogen (secondary N) is 1. The van der Waals surface area contributed by atoms with Gasteiger partial charge in [-0.2, -0.15) is 0 Å². The van der Waals surface area contributed by atoms with E-state index in [2.05, 4.69) is 14.7 Å². The molecule has 0 bridgehead atoms. The fourth-order valence-corrected chi connectivity index (χ4v) is 3.42. The molecule has 0 saturated carbocycles. The van der Waals surface area contributed by atoms with E-state index in [9.17, 15) is 13.2 Å². The lowest BCUT2D eigenvalue weighted by Gasteiger charge is -2.07. The molecule has 1 amide bonds. The Labute approximate surface area is 164 Å². The molecule has 0 fully saturated rings. The predicted molar refractivity (Wildman–Crippen MR) is 108 cm³/mol. The molecule has 3 rings (SSSR count). The zero-order chi connectivity index (χ0) is 20.0. The van der Waals surface area contributed by atoms with Crippen LogP contribution in [0.25, 0.3) is 0 Å². The average Bonchev–Trinajstić information content (AvgIpc) is 2.68. The fourth-order valence-electron chi connectivity index (χ4n) is 2.44. The van der Waals surface area contributed by atoms with E-state index in [1.165, 1.54) is 12.1 Å². The molecule has 0 aliphatic rings. The molecule has 28 heavy (non-hydrogen) atoms. The number of carbonyl (C=O) groups excluding carboxylic acids is 1. The molecular weight excluding hydrogens is 374 g/mol. The molecule has 1 aromatic heterocycles.